The Hall–Kier alpha value is -1.43. The van der Waals surface area contributed by atoms with Gasteiger partial charge in [0.25, 0.3) is 0 Å². The molecule has 1 aromatic carbocycles. The third-order valence-electron chi connectivity index (χ3n) is 3.38. The van der Waals surface area contributed by atoms with Crippen LogP contribution in [0, 0.1) is 12.8 Å². The molecule has 1 unspecified atom stereocenters. The Kier molecular flexibility index (Phi) is 4.42. The zero-order chi connectivity index (χ0) is 14.9. The number of nitrogen functional groups attached to an aromatic ring is 1. The van der Waals surface area contributed by atoms with Gasteiger partial charge in [-0.2, -0.15) is 0 Å². The van der Waals surface area contributed by atoms with Gasteiger partial charge in [0, 0.05) is 15.7 Å². The molecule has 108 valence electrons. The molecule has 0 saturated carbocycles. The first-order valence-corrected chi connectivity index (χ1v) is 7.53. The van der Waals surface area contributed by atoms with Crippen LogP contribution in [0.25, 0.3) is 11.4 Å². The Labute approximate surface area is 127 Å². The zero-order valence-corrected chi connectivity index (χ0v) is 13.8. The van der Waals surface area contributed by atoms with Gasteiger partial charge in [0.1, 0.15) is 0 Å². The van der Waals surface area contributed by atoms with Crippen LogP contribution in [0.4, 0.5) is 5.69 Å². The van der Waals surface area contributed by atoms with E-state index >= 15 is 0 Å². The molecule has 0 saturated heterocycles. The Morgan fingerprint density at radius 1 is 1.30 bits per heavy atom. The normalized spacial score (nSPS) is 12.9. The first-order chi connectivity index (χ1) is 9.40. The number of nitrogens with zero attached hydrogens (tertiary/aromatic N) is 4. The molecule has 5 nitrogen and oxygen atoms in total. The largest absolute Gasteiger partial charge is 0.398 e. The minimum Gasteiger partial charge on any atom is -0.398 e. The minimum absolute atomic E-state index is 0.250. The zero-order valence-electron chi connectivity index (χ0n) is 12.3. The number of hydrogen-bond donors (Lipinski definition) is 1. The Balaban J connectivity index is 2.47. The van der Waals surface area contributed by atoms with Crippen LogP contribution in [0.1, 0.15) is 38.8 Å². The minimum atomic E-state index is 0.250. The molecular weight excluding hydrogens is 318 g/mol. The lowest BCUT2D eigenvalue weighted by Crippen LogP contribution is -2.12. The van der Waals surface area contributed by atoms with Crippen LogP contribution in [-0.2, 0) is 0 Å². The molecule has 20 heavy (non-hydrogen) atoms. The van der Waals surface area contributed by atoms with E-state index in [2.05, 4.69) is 52.2 Å². The van der Waals surface area contributed by atoms with E-state index in [1.165, 1.54) is 0 Å². The highest BCUT2D eigenvalue weighted by Crippen LogP contribution is 2.31. The van der Waals surface area contributed by atoms with Gasteiger partial charge in [0.15, 0.2) is 5.82 Å². The molecule has 0 bridgehead atoms. The Bertz CT molecular complexity index is 606. The van der Waals surface area contributed by atoms with Crippen molar-refractivity contribution in [1.82, 2.24) is 20.2 Å². The monoisotopic (exact) mass is 337 g/mol. The molecule has 1 aromatic heterocycles. The number of tetrazole rings is 1. The number of aromatic nitrogens is 4. The maximum Gasteiger partial charge on any atom is 0.182 e. The summed E-state index contributed by atoms with van der Waals surface area (Å²) < 4.78 is 2.82. The summed E-state index contributed by atoms with van der Waals surface area (Å²) >= 11 is 3.48. The van der Waals surface area contributed by atoms with Gasteiger partial charge in [0.2, 0.25) is 0 Å². The lowest BCUT2D eigenvalue weighted by atomic mass is 10.0. The summed E-state index contributed by atoms with van der Waals surface area (Å²) in [6, 6.07) is 4.15. The predicted molar refractivity (Wildman–Crippen MR) is 84.3 cm³/mol. The molecule has 6 heteroatoms. The molecule has 0 aliphatic carbocycles. The van der Waals surface area contributed by atoms with E-state index in [1.54, 1.807) is 0 Å². The SMILES string of the molecule is Cc1c(N)cc(Br)cc1-c1nnnn1C(C)CC(C)C. The molecule has 0 aliphatic heterocycles. The van der Waals surface area contributed by atoms with E-state index in [0.29, 0.717) is 5.92 Å². The molecule has 2 aromatic rings. The summed E-state index contributed by atoms with van der Waals surface area (Å²) in [4.78, 5) is 0. The van der Waals surface area contributed by atoms with E-state index < -0.39 is 0 Å². The van der Waals surface area contributed by atoms with Crippen LogP contribution in [-0.4, -0.2) is 20.2 Å². The molecule has 2 N–H and O–H groups in total. The van der Waals surface area contributed by atoms with Crippen molar-refractivity contribution in [3.63, 3.8) is 0 Å². The van der Waals surface area contributed by atoms with Gasteiger partial charge in [-0.1, -0.05) is 29.8 Å². The van der Waals surface area contributed by atoms with Crippen molar-refractivity contribution in [1.29, 1.82) is 0 Å². The number of benzene rings is 1. The van der Waals surface area contributed by atoms with E-state index in [1.807, 2.05) is 23.7 Å². The van der Waals surface area contributed by atoms with Gasteiger partial charge < -0.3 is 5.73 Å². The van der Waals surface area contributed by atoms with Crippen molar-refractivity contribution in [3.8, 4) is 11.4 Å². The van der Waals surface area contributed by atoms with E-state index in [-0.39, 0.29) is 6.04 Å². The van der Waals surface area contributed by atoms with Gasteiger partial charge >= 0.3 is 0 Å². The average molecular weight is 338 g/mol. The first-order valence-electron chi connectivity index (χ1n) is 6.74. The van der Waals surface area contributed by atoms with Crippen molar-refractivity contribution >= 4 is 21.6 Å². The van der Waals surface area contributed by atoms with Crippen LogP contribution in [0.2, 0.25) is 0 Å². The highest BCUT2D eigenvalue weighted by Gasteiger charge is 2.18. The lowest BCUT2D eigenvalue weighted by Gasteiger charge is -2.16. The van der Waals surface area contributed by atoms with Crippen LogP contribution < -0.4 is 5.73 Å². The average Bonchev–Trinajstić information content (AvgIpc) is 2.81. The molecule has 0 aliphatic rings. The second kappa shape index (κ2) is 5.91. The quantitative estimate of drug-likeness (QED) is 0.865. The summed E-state index contributed by atoms with van der Waals surface area (Å²) in [5.74, 6) is 1.36. The van der Waals surface area contributed by atoms with Crippen molar-refractivity contribution in [3.05, 3.63) is 22.2 Å². The number of nitrogens with two attached hydrogens (primary N) is 1. The van der Waals surface area contributed by atoms with Gasteiger partial charge in [-0.25, -0.2) is 4.68 Å². The van der Waals surface area contributed by atoms with Crippen molar-refractivity contribution < 1.29 is 0 Å². The highest BCUT2D eigenvalue weighted by atomic mass is 79.9. The number of halogens is 1. The maximum absolute atomic E-state index is 6.03. The fourth-order valence-electron chi connectivity index (χ4n) is 2.38. The molecule has 1 atom stereocenters. The second-order valence-electron chi connectivity index (χ2n) is 5.59. The predicted octanol–water partition coefficient (Wildman–Crippen LogP) is 3.60. The van der Waals surface area contributed by atoms with Crippen LogP contribution in [0.5, 0.6) is 0 Å². The van der Waals surface area contributed by atoms with E-state index in [0.717, 1.165) is 33.5 Å². The third kappa shape index (κ3) is 3.00. The summed E-state index contributed by atoms with van der Waals surface area (Å²) in [6.45, 7) is 8.52. The molecule has 0 fully saturated rings. The first kappa shape index (κ1) is 15.0. The van der Waals surface area contributed by atoms with E-state index in [4.69, 9.17) is 5.73 Å². The smallest absolute Gasteiger partial charge is 0.182 e. The Morgan fingerprint density at radius 2 is 2.00 bits per heavy atom. The van der Waals surface area contributed by atoms with Gasteiger partial charge in [-0.05, 0) is 54.3 Å². The van der Waals surface area contributed by atoms with Gasteiger partial charge in [-0.3, -0.25) is 0 Å². The topological polar surface area (TPSA) is 69.6 Å². The number of hydrogen-bond acceptors (Lipinski definition) is 4. The molecule has 0 radical (unpaired) electrons. The summed E-state index contributed by atoms with van der Waals surface area (Å²) in [5.41, 5.74) is 8.73. The molecule has 1 heterocycles. The Morgan fingerprint density at radius 3 is 2.65 bits per heavy atom. The summed E-state index contributed by atoms with van der Waals surface area (Å²) in [5, 5.41) is 12.2. The van der Waals surface area contributed by atoms with E-state index in [9.17, 15) is 0 Å². The van der Waals surface area contributed by atoms with Crippen molar-refractivity contribution in [2.45, 2.75) is 40.2 Å². The van der Waals surface area contributed by atoms with Crippen LogP contribution >= 0.6 is 15.9 Å². The maximum atomic E-state index is 6.03. The standard InChI is InChI=1S/C14H20BrN5/c1-8(2)5-9(3)20-14(17-18-19-20)12-6-11(15)7-13(16)10(12)4/h6-9H,5,16H2,1-4H3. The summed E-state index contributed by atoms with van der Waals surface area (Å²) in [6.07, 6.45) is 1.03. The lowest BCUT2D eigenvalue weighted by molar-refractivity contribution is 0.394. The van der Waals surface area contributed by atoms with Crippen LogP contribution in [0.3, 0.4) is 0 Å². The van der Waals surface area contributed by atoms with Gasteiger partial charge in [0.05, 0.1) is 6.04 Å². The molecule has 0 spiro atoms. The molecule has 0 amide bonds. The van der Waals surface area contributed by atoms with Gasteiger partial charge in [-0.15, -0.1) is 5.10 Å². The van der Waals surface area contributed by atoms with Crippen molar-refractivity contribution in [2.75, 3.05) is 5.73 Å². The third-order valence-corrected chi connectivity index (χ3v) is 3.83. The second-order valence-corrected chi connectivity index (χ2v) is 6.51. The molecule has 2 rings (SSSR count). The number of rotatable bonds is 4. The van der Waals surface area contributed by atoms with Crippen LogP contribution in [0.15, 0.2) is 16.6 Å². The number of anilines is 1. The van der Waals surface area contributed by atoms with Crippen molar-refractivity contribution in [2.24, 2.45) is 5.92 Å². The highest BCUT2D eigenvalue weighted by molar-refractivity contribution is 9.10. The fourth-order valence-corrected chi connectivity index (χ4v) is 2.86. The molecular formula is C14H20BrN5. The summed E-state index contributed by atoms with van der Waals surface area (Å²) in [7, 11) is 0. The fraction of sp³-hybridized carbons (Fsp3) is 0.500.